The quantitative estimate of drug-likeness (QED) is 0.809. The summed E-state index contributed by atoms with van der Waals surface area (Å²) in [6.07, 6.45) is 0.989. The Bertz CT molecular complexity index is 786. The summed E-state index contributed by atoms with van der Waals surface area (Å²) in [4.78, 5) is 2.58. The fourth-order valence-corrected chi connectivity index (χ4v) is 4.25. The van der Waals surface area contributed by atoms with E-state index >= 15 is 0 Å². The largest absolute Gasteiger partial charge is 0.379 e. The zero-order chi connectivity index (χ0) is 18.4. The van der Waals surface area contributed by atoms with Gasteiger partial charge in [0.2, 0.25) is 10.0 Å². The van der Waals surface area contributed by atoms with Crippen LogP contribution in [0.15, 0.2) is 59.5 Å². The summed E-state index contributed by atoms with van der Waals surface area (Å²) in [5, 5.41) is 0. The van der Waals surface area contributed by atoms with Crippen molar-refractivity contribution in [2.45, 2.75) is 24.3 Å². The van der Waals surface area contributed by atoms with E-state index in [-0.39, 0.29) is 6.04 Å². The summed E-state index contributed by atoms with van der Waals surface area (Å²) in [6.45, 7) is 5.41. The molecule has 1 N–H and O–H groups in total. The summed E-state index contributed by atoms with van der Waals surface area (Å²) in [5.74, 6) is 0. The minimum Gasteiger partial charge on any atom is -0.379 e. The van der Waals surface area contributed by atoms with Crippen LogP contribution >= 0.6 is 0 Å². The van der Waals surface area contributed by atoms with Gasteiger partial charge in [-0.2, -0.15) is 0 Å². The third-order valence-electron chi connectivity index (χ3n) is 4.78. The van der Waals surface area contributed by atoms with E-state index in [1.807, 2.05) is 6.07 Å². The topological polar surface area (TPSA) is 58.6 Å². The fourth-order valence-electron chi connectivity index (χ4n) is 3.19. The summed E-state index contributed by atoms with van der Waals surface area (Å²) in [6, 6.07) is 16.9. The van der Waals surface area contributed by atoms with Crippen molar-refractivity contribution in [1.82, 2.24) is 9.62 Å². The molecular formula is C20H26N2O3S. The average molecular weight is 375 g/mol. The SMILES string of the molecule is CCc1ccc(C(CNS(=O)(=O)c2ccccc2)N2CCOCC2)cc1. The van der Waals surface area contributed by atoms with Gasteiger partial charge in [-0.25, -0.2) is 13.1 Å². The van der Waals surface area contributed by atoms with Crippen LogP contribution < -0.4 is 4.72 Å². The first-order valence-electron chi connectivity index (χ1n) is 9.05. The van der Waals surface area contributed by atoms with E-state index in [0.717, 1.165) is 25.1 Å². The van der Waals surface area contributed by atoms with Crippen molar-refractivity contribution in [3.05, 3.63) is 65.7 Å². The summed E-state index contributed by atoms with van der Waals surface area (Å²) in [7, 11) is -3.52. The molecule has 0 radical (unpaired) electrons. The molecule has 2 aromatic rings. The molecule has 0 amide bonds. The molecule has 5 nitrogen and oxygen atoms in total. The maximum absolute atomic E-state index is 12.6. The third-order valence-corrected chi connectivity index (χ3v) is 6.22. The molecule has 0 aliphatic carbocycles. The molecule has 1 heterocycles. The van der Waals surface area contributed by atoms with Gasteiger partial charge < -0.3 is 4.74 Å². The van der Waals surface area contributed by atoms with Crippen molar-refractivity contribution >= 4 is 10.0 Å². The number of morpholine rings is 1. The zero-order valence-electron chi connectivity index (χ0n) is 15.1. The van der Waals surface area contributed by atoms with Crippen molar-refractivity contribution < 1.29 is 13.2 Å². The molecule has 1 fully saturated rings. The second-order valence-electron chi connectivity index (χ2n) is 6.42. The van der Waals surface area contributed by atoms with E-state index in [0.29, 0.717) is 24.7 Å². The van der Waals surface area contributed by atoms with E-state index in [2.05, 4.69) is 40.8 Å². The van der Waals surface area contributed by atoms with Gasteiger partial charge in [-0.05, 0) is 29.7 Å². The molecular weight excluding hydrogens is 348 g/mol. The third kappa shape index (κ3) is 4.71. The lowest BCUT2D eigenvalue weighted by Gasteiger charge is -2.35. The zero-order valence-corrected chi connectivity index (χ0v) is 15.9. The Balaban J connectivity index is 1.79. The molecule has 1 atom stereocenters. The number of ether oxygens (including phenoxy) is 1. The Morgan fingerprint density at radius 1 is 1.04 bits per heavy atom. The molecule has 26 heavy (non-hydrogen) atoms. The minimum atomic E-state index is -3.52. The molecule has 6 heteroatoms. The maximum atomic E-state index is 12.6. The lowest BCUT2D eigenvalue weighted by molar-refractivity contribution is 0.0172. The molecule has 1 aliphatic heterocycles. The van der Waals surface area contributed by atoms with E-state index in [1.54, 1.807) is 24.3 Å². The van der Waals surface area contributed by atoms with Gasteiger partial charge >= 0.3 is 0 Å². The van der Waals surface area contributed by atoms with Crippen LogP contribution in [0.1, 0.15) is 24.1 Å². The van der Waals surface area contributed by atoms with E-state index in [4.69, 9.17) is 4.74 Å². The Labute approximate surface area is 156 Å². The second kappa shape index (κ2) is 8.77. The van der Waals surface area contributed by atoms with Gasteiger partial charge in [-0.1, -0.05) is 49.4 Å². The Morgan fingerprint density at radius 3 is 2.31 bits per heavy atom. The first-order chi connectivity index (χ1) is 12.6. The average Bonchev–Trinajstić information content (AvgIpc) is 2.70. The molecule has 0 saturated carbocycles. The van der Waals surface area contributed by atoms with Crippen molar-refractivity contribution in [2.24, 2.45) is 0 Å². The first kappa shape index (κ1) is 19.0. The number of sulfonamides is 1. The lowest BCUT2D eigenvalue weighted by atomic mass is 10.0. The molecule has 1 unspecified atom stereocenters. The van der Waals surface area contributed by atoms with Gasteiger partial charge in [0.25, 0.3) is 0 Å². The van der Waals surface area contributed by atoms with Crippen LogP contribution in [-0.4, -0.2) is 46.2 Å². The van der Waals surface area contributed by atoms with Crippen LogP contribution in [0.2, 0.25) is 0 Å². The number of nitrogens with one attached hydrogen (secondary N) is 1. The van der Waals surface area contributed by atoms with Crippen LogP contribution in [0, 0.1) is 0 Å². The van der Waals surface area contributed by atoms with Gasteiger partial charge in [0.05, 0.1) is 18.1 Å². The van der Waals surface area contributed by atoms with Crippen LogP contribution in [-0.2, 0) is 21.2 Å². The van der Waals surface area contributed by atoms with Crippen molar-refractivity contribution in [2.75, 3.05) is 32.8 Å². The molecule has 2 aromatic carbocycles. The van der Waals surface area contributed by atoms with E-state index in [1.165, 1.54) is 5.56 Å². The predicted octanol–water partition coefficient (Wildman–Crippen LogP) is 2.60. The molecule has 1 saturated heterocycles. The second-order valence-corrected chi connectivity index (χ2v) is 8.19. The first-order valence-corrected chi connectivity index (χ1v) is 10.5. The lowest BCUT2D eigenvalue weighted by Crippen LogP contribution is -2.43. The highest BCUT2D eigenvalue weighted by Gasteiger charge is 2.25. The Hall–Kier alpha value is -1.73. The fraction of sp³-hybridized carbons (Fsp3) is 0.400. The standard InChI is InChI=1S/C20H26N2O3S/c1-2-17-8-10-18(11-9-17)20(22-12-14-25-15-13-22)16-21-26(23,24)19-6-4-3-5-7-19/h3-11,20-21H,2,12-16H2,1H3. The highest BCUT2D eigenvalue weighted by molar-refractivity contribution is 7.89. The van der Waals surface area contributed by atoms with Gasteiger partial charge in [0, 0.05) is 25.7 Å². The molecule has 0 aromatic heterocycles. The van der Waals surface area contributed by atoms with Crippen LogP contribution in [0.25, 0.3) is 0 Å². The number of nitrogens with zero attached hydrogens (tertiary/aromatic N) is 1. The smallest absolute Gasteiger partial charge is 0.240 e. The van der Waals surface area contributed by atoms with Crippen molar-refractivity contribution in [1.29, 1.82) is 0 Å². The van der Waals surface area contributed by atoms with Crippen LogP contribution in [0.5, 0.6) is 0 Å². The number of benzene rings is 2. The van der Waals surface area contributed by atoms with Gasteiger partial charge in [0.15, 0.2) is 0 Å². The van der Waals surface area contributed by atoms with Gasteiger partial charge in [-0.15, -0.1) is 0 Å². The molecule has 3 rings (SSSR count). The van der Waals surface area contributed by atoms with Crippen molar-refractivity contribution in [3.63, 3.8) is 0 Å². The number of hydrogen-bond acceptors (Lipinski definition) is 4. The summed E-state index contributed by atoms with van der Waals surface area (Å²) >= 11 is 0. The summed E-state index contributed by atoms with van der Waals surface area (Å²) in [5.41, 5.74) is 2.40. The number of rotatable bonds is 7. The normalized spacial score (nSPS) is 17.1. The highest BCUT2D eigenvalue weighted by Crippen LogP contribution is 2.23. The van der Waals surface area contributed by atoms with Crippen LogP contribution in [0.4, 0.5) is 0 Å². The van der Waals surface area contributed by atoms with Gasteiger partial charge in [-0.3, -0.25) is 4.90 Å². The van der Waals surface area contributed by atoms with Crippen molar-refractivity contribution in [3.8, 4) is 0 Å². The Morgan fingerprint density at radius 2 is 1.69 bits per heavy atom. The number of hydrogen-bond donors (Lipinski definition) is 1. The van der Waals surface area contributed by atoms with E-state index < -0.39 is 10.0 Å². The maximum Gasteiger partial charge on any atom is 0.240 e. The predicted molar refractivity (Wildman–Crippen MR) is 103 cm³/mol. The minimum absolute atomic E-state index is 0.0108. The van der Waals surface area contributed by atoms with Gasteiger partial charge in [0.1, 0.15) is 0 Å². The van der Waals surface area contributed by atoms with E-state index in [9.17, 15) is 8.42 Å². The highest BCUT2D eigenvalue weighted by atomic mass is 32.2. The van der Waals surface area contributed by atoms with Crippen LogP contribution in [0.3, 0.4) is 0 Å². The molecule has 0 spiro atoms. The molecule has 140 valence electrons. The molecule has 0 bridgehead atoms. The monoisotopic (exact) mass is 374 g/mol. The summed E-state index contributed by atoms with van der Waals surface area (Å²) < 4.78 is 33.4. The number of aryl methyl sites for hydroxylation is 1. The molecule has 1 aliphatic rings. The Kier molecular flexibility index (Phi) is 6.43.